The van der Waals surface area contributed by atoms with Crippen molar-refractivity contribution < 1.29 is 13.2 Å². The highest BCUT2D eigenvalue weighted by Gasteiger charge is 2.22. The van der Waals surface area contributed by atoms with Gasteiger partial charge in [-0.2, -0.15) is 4.31 Å². The first-order valence-corrected chi connectivity index (χ1v) is 8.86. The lowest BCUT2D eigenvalue weighted by Crippen LogP contribution is -2.40. The summed E-state index contributed by atoms with van der Waals surface area (Å²) in [6.45, 7) is -0.243. The number of carbonyl (C=O) groups excluding carboxylic acids is 1. The number of benzene rings is 1. The summed E-state index contributed by atoms with van der Waals surface area (Å²) in [5.41, 5.74) is 0.872. The number of rotatable bonds is 6. The average molecular weight is 336 g/mol. The second-order valence-electron chi connectivity index (χ2n) is 5.33. The van der Waals surface area contributed by atoms with Crippen LogP contribution in [0.2, 0.25) is 0 Å². The molecule has 7 nitrogen and oxygen atoms in total. The quantitative estimate of drug-likeness (QED) is 0.833. The maximum Gasteiger partial charge on any atom is 0.236 e. The van der Waals surface area contributed by atoms with Crippen LogP contribution in [-0.2, 0) is 21.9 Å². The van der Waals surface area contributed by atoms with Crippen molar-refractivity contribution in [3.63, 3.8) is 0 Å². The molecule has 0 saturated heterocycles. The number of carbonyl (C=O) groups is 1. The van der Waals surface area contributed by atoms with E-state index < -0.39 is 22.0 Å². The van der Waals surface area contributed by atoms with E-state index >= 15 is 0 Å². The van der Waals surface area contributed by atoms with E-state index in [0.717, 1.165) is 16.1 Å². The molecular formula is C15H20N4O3S. The van der Waals surface area contributed by atoms with Crippen LogP contribution in [0.4, 0.5) is 0 Å². The van der Waals surface area contributed by atoms with Gasteiger partial charge in [-0.05, 0) is 5.56 Å². The van der Waals surface area contributed by atoms with Gasteiger partial charge in [-0.1, -0.05) is 30.3 Å². The van der Waals surface area contributed by atoms with Crippen molar-refractivity contribution in [1.29, 1.82) is 0 Å². The van der Waals surface area contributed by atoms with E-state index in [1.807, 2.05) is 41.9 Å². The summed E-state index contributed by atoms with van der Waals surface area (Å²) in [4.78, 5) is 16.5. The highest BCUT2D eigenvalue weighted by Crippen LogP contribution is 2.20. The van der Waals surface area contributed by atoms with E-state index in [2.05, 4.69) is 10.3 Å². The van der Waals surface area contributed by atoms with Crippen LogP contribution in [-0.4, -0.2) is 48.0 Å². The number of likely N-dealkylation sites (N-methyl/N-ethyl adjacent to an activating group) is 1. The van der Waals surface area contributed by atoms with Crippen LogP contribution in [0.3, 0.4) is 0 Å². The summed E-state index contributed by atoms with van der Waals surface area (Å²) in [5, 5.41) is 2.85. The van der Waals surface area contributed by atoms with E-state index in [1.54, 1.807) is 12.4 Å². The average Bonchev–Trinajstić information content (AvgIpc) is 2.90. The predicted octanol–water partition coefficient (Wildman–Crippen LogP) is 0.517. The molecule has 2 aromatic rings. The minimum Gasteiger partial charge on any atom is -0.341 e. The zero-order chi connectivity index (χ0) is 17.0. The lowest BCUT2D eigenvalue weighted by molar-refractivity contribution is -0.121. The van der Waals surface area contributed by atoms with Crippen LogP contribution < -0.4 is 5.32 Å². The molecule has 1 heterocycles. The standard InChI is InChI=1S/C15H20N4O3S/c1-18-10-9-16-15(18)14(12-7-5-4-6-8-12)17-13(20)11-19(2)23(3,21)22/h4-10,14H,11H2,1-3H3,(H,17,20)/t14-/m1/s1. The minimum atomic E-state index is -3.41. The van der Waals surface area contributed by atoms with Crippen LogP contribution in [0.25, 0.3) is 0 Å². The molecule has 0 spiro atoms. The fourth-order valence-corrected chi connectivity index (χ4v) is 2.48. The summed E-state index contributed by atoms with van der Waals surface area (Å²) in [7, 11) is -0.200. The van der Waals surface area contributed by atoms with E-state index in [1.165, 1.54) is 7.05 Å². The number of aromatic nitrogens is 2. The van der Waals surface area contributed by atoms with Gasteiger partial charge in [0.25, 0.3) is 0 Å². The van der Waals surface area contributed by atoms with Gasteiger partial charge in [-0.3, -0.25) is 4.79 Å². The van der Waals surface area contributed by atoms with Crippen LogP contribution in [0.1, 0.15) is 17.4 Å². The zero-order valence-corrected chi connectivity index (χ0v) is 14.1. The van der Waals surface area contributed by atoms with Crippen molar-refractivity contribution >= 4 is 15.9 Å². The maximum atomic E-state index is 12.2. The third-order valence-corrected chi connectivity index (χ3v) is 4.75. The van der Waals surface area contributed by atoms with Crippen molar-refractivity contribution in [1.82, 2.24) is 19.2 Å². The van der Waals surface area contributed by atoms with E-state index in [0.29, 0.717) is 5.82 Å². The smallest absolute Gasteiger partial charge is 0.236 e. The summed E-state index contributed by atoms with van der Waals surface area (Å²) >= 11 is 0. The maximum absolute atomic E-state index is 12.2. The lowest BCUT2D eigenvalue weighted by atomic mass is 10.1. The molecule has 8 heteroatoms. The van der Waals surface area contributed by atoms with Crippen LogP contribution >= 0.6 is 0 Å². The molecule has 1 amide bonds. The molecular weight excluding hydrogens is 316 g/mol. The Kier molecular flexibility index (Phi) is 5.17. The largest absolute Gasteiger partial charge is 0.341 e. The van der Waals surface area contributed by atoms with Gasteiger partial charge in [-0.15, -0.1) is 0 Å². The number of hydrogen-bond acceptors (Lipinski definition) is 4. The Hall–Kier alpha value is -2.19. The van der Waals surface area contributed by atoms with Gasteiger partial charge in [0, 0.05) is 26.5 Å². The number of nitrogens with zero attached hydrogens (tertiary/aromatic N) is 3. The molecule has 23 heavy (non-hydrogen) atoms. The molecule has 0 saturated carbocycles. The summed E-state index contributed by atoms with van der Waals surface area (Å²) in [6, 6.07) is 8.97. The van der Waals surface area contributed by atoms with Gasteiger partial charge in [0.2, 0.25) is 15.9 Å². The first kappa shape index (κ1) is 17.2. The van der Waals surface area contributed by atoms with E-state index in [4.69, 9.17) is 0 Å². The fourth-order valence-electron chi connectivity index (χ4n) is 2.12. The Bertz CT molecular complexity index is 771. The Morgan fingerprint density at radius 1 is 1.35 bits per heavy atom. The van der Waals surface area contributed by atoms with Crippen molar-refractivity contribution in [3.05, 3.63) is 54.1 Å². The SMILES string of the molecule is CN(CC(=O)N[C@H](c1ccccc1)c1nccn1C)S(C)(=O)=O. The molecule has 1 N–H and O–H groups in total. The number of imidazole rings is 1. The van der Waals surface area contributed by atoms with Crippen LogP contribution in [0.5, 0.6) is 0 Å². The molecule has 124 valence electrons. The van der Waals surface area contributed by atoms with Crippen molar-refractivity contribution in [2.75, 3.05) is 19.8 Å². The van der Waals surface area contributed by atoms with Crippen molar-refractivity contribution in [3.8, 4) is 0 Å². The third kappa shape index (κ3) is 4.40. The second kappa shape index (κ2) is 6.93. The van der Waals surface area contributed by atoms with Gasteiger partial charge in [0.15, 0.2) is 0 Å². The molecule has 0 aliphatic rings. The fraction of sp³-hybridized carbons (Fsp3) is 0.333. The number of aryl methyl sites for hydroxylation is 1. The first-order chi connectivity index (χ1) is 10.8. The first-order valence-electron chi connectivity index (χ1n) is 7.02. The molecule has 0 unspecified atom stereocenters. The van der Waals surface area contributed by atoms with Gasteiger partial charge in [0.05, 0.1) is 12.8 Å². The van der Waals surface area contributed by atoms with Gasteiger partial charge in [-0.25, -0.2) is 13.4 Å². The normalized spacial score (nSPS) is 13.0. The molecule has 1 atom stereocenters. The molecule has 1 aromatic carbocycles. The van der Waals surface area contributed by atoms with Gasteiger partial charge in [0.1, 0.15) is 11.9 Å². The zero-order valence-electron chi connectivity index (χ0n) is 13.3. The Labute approximate surface area is 136 Å². The number of sulfonamides is 1. The van der Waals surface area contributed by atoms with E-state index in [9.17, 15) is 13.2 Å². The number of amides is 1. The van der Waals surface area contributed by atoms with Gasteiger partial charge < -0.3 is 9.88 Å². The molecule has 0 radical (unpaired) electrons. The Morgan fingerprint density at radius 3 is 2.52 bits per heavy atom. The predicted molar refractivity (Wildman–Crippen MR) is 87.1 cm³/mol. The van der Waals surface area contributed by atoms with Crippen LogP contribution in [0.15, 0.2) is 42.7 Å². The molecule has 1 aromatic heterocycles. The topological polar surface area (TPSA) is 84.3 Å². The highest BCUT2D eigenvalue weighted by atomic mass is 32.2. The number of nitrogens with one attached hydrogen (secondary N) is 1. The molecule has 0 bridgehead atoms. The lowest BCUT2D eigenvalue weighted by Gasteiger charge is -2.21. The summed E-state index contributed by atoms with van der Waals surface area (Å²) < 4.78 is 25.7. The highest BCUT2D eigenvalue weighted by molar-refractivity contribution is 7.88. The Morgan fingerprint density at radius 2 is 2.00 bits per heavy atom. The minimum absolute atomic E-state index is 0.243. The molecule has 0 aliphatic carbocycles. The molecule has 0 fully saturated rings. The molecule has 2 rings (SSSR count). The van der Waals surface area contributed by atoms with Crippen molar-refractivity contribution in [2.24, 2.45) is 7.05 Å². The summed E-state index contributed by atoms with van der Waals surface area (Å²) in [6.07, 6.45) is 4.51. The van der Waals surface area contributed by atoms with Crippen LogP contribution in [0, 0.1) is 0 Å². The molecule has 0 aliphatic heterocycles. The van der Waals surface area contributed by atoms with Gasteiger partial charge >= 0.3 is 0 Å². The Balaban J connectivity index is 2.23. The van der Waals surface area contributed by atoms with Crippen molar-refractivity contribution in [2.45, 2.75) is 6.04 Å². The monoisotopic (exact) mass is 336 g/mol. The number of hydrogen-bond donors (Lipinski definition) is 1. The van der Waals surface area contributed by atoms with E-state index in [-0.39, 0.29) is 6.54 Å². The second-order valence-corrected chi connectivity index (χ2v) is 7.42. The third-order valence-electron chi connectivity index (χ3n) is 3.49. The summed E-state index contributed by atoms with van der Waals surface area (Å²) in [5.74, 6) is 0.279.